The Morgan fingerprint density at radius 1 is 1.11 bits per heavy atom. The van der Waals surface area contributed by atoms with Crippen molar-refractivity contribution in [3.05, 3.63) is 58.9 Å². The van der Waals surface area contributed by atoms with Gasteiger partial charge in [-0.2, -0.15) is 0 Å². The van der Waals surface area contributed by atoms with Gasteiger partial charge in [-0.15, -0.1) is 0 Å². The molecule has 0 radical (unpaired) electrons. The van der Waals surface area contributed by atoms with E-state index >= 15 is 0 Å². The highest BCUT2D eigenvalue weighted by molar-refractivity contribution is 5.59. The number of aryl methyl sites for hydroxylation is 1. The van der Waals surface area contributed by atoms with E-state index in [9.17, 15) is 9.50 Å². The Morgan fingerprint density at radius 3 is 2.47 bits per heavy atom. The zero-order chi connectivity index (χ0) is 14.0. The number of nitrogens with one attached hydrogen (secondary N) is 1. The molecule has 0 aliphatic carbocycles. The molecule has 0 spiro atoms. The van der Waals surface area contributed by atoms with Crippen LogP contribution >= 0.6 is 0 Å². The number of anilines is 1. The smallest absolute Gasteiger partial charge is 0.128 e. The number of benzene rings is 2. The summed E-state index contributed by atoms with van der Waals surface area (Å²) in [6.07, 6.45) is 0. The van der Waals surface area contributed by atoms with E-state index in [1.807, 2.05) is 39.0 Å². The Kier molecular flexibility index (Phi) is 3.74. The highest BCUT2D eigenvalue weighted by atomic mass is 19.1. The Bertz CT molecular complexity index is 595. The second-order valence-corrected chi connectivity index (χ2v) is 4.79. The van der Waals surface area contributed by atoms with Crippen LogP contribution in [0.5, 0.6) is 5.75 Å². The highest BCUT2D eigenvalue weighted by Gasteiger charge is 2.12. The van der Waals surface area contributed by atoms with E-state index in [1.165, 1.54) is 6.07 Å². The van der Waals surface area contributed by atoms with Crippen LogP contribution in [-0.2, 0) is 0 Å². The van der Waals surface area contributed by atoms with Gasteiger partial charge in [-0.05, 0) is 38.5 Å². The van der Waals surface area contributed by atoms with Crippen LogP contribution in [0.3, 0.4) is 0 Å². The van der Waals surface area contributed by atoms with Gasteiger partial charge in [0.2, 0.25) is 0 Å². The van der Waals surface area contributed by atoms with Crippen LogP contribution in [0.4, 0.5) is 10.1 Å². The van der Waals surface area contributed by atoms with Crippen LogP contribution in [-0.4, -0.2) is 5.11 Å². The van der Waals surface area contributed by atoms with Crippen LogP contribution in [0, 0.1) is 19.7 Å². The molecule has 0 aromatic heterocycles. The quantitative estimate of drug-likeness (QED) is 0.860. The molecule has 2 aromatic rings. The third kappa shape index (κ3) is 2.70. The first-order chi connectivity index (χ1) is 9.00. The molecule has 3 heteroatoms. The summed E-state index contributed by atoms with van der Waals surface area (Å²) < 4.78 is 13.7. The second kappa shape index (κ2) is 5.31. The molecule has 2 rings (SSSR count). The fourth-order valence-corrected chi connectivity index (χ4v) is 2.13. The summed E-state index contributed by atoms with van der Waals surface area (Å²) in [4.78, 5) is 0. The van der Waals surface area contributed by atoms with Crippen molar-refractivity contribution in [2.24, 2.45) is 0 Å². The summed E-state index contributed by atoms with van der Waals surface area (Å²) in [5, 5.41) is 13.1. The minimum Gasteiger partial charge on any atom is -0.507 e. The first kappa shape index (κ1) is 13.4. The van der Waals surface area contributed by atoms with E-state index in [-0.39, 0.29) is 17.6 Å². The topological polar surface area (TPSA) is 32.3 Å². The lowest BCUT2D eigenvalue weighted by Crippen LogP contribution is -2.09. The fraction of sp³-hybridized carbons (Fsp3) is 0.250. The number of hydrogen-bond donors (Lipinski definition) is 2. The van der Waals surface area contributed by atoms with Gasteiger partial charge in [0, 0.05) is 16.8 Å². The Morgan fingerprint density at radius 2 is 1.79 bits per heavy atom. The summed E-state index contributed by atoms with van der Waals surface area (Å²) in [7, 11) is 0. The van der Waals surface area contributed by atoms with Gasteiger partial charge in [-0.1, -0.05) is 24.3 Å². The Hall–Kier alpha value is -2.03. The maximum absolute atomic E-state index is 13.7. The molecule has 0 fully saturated rings. The lowest BCUT2D eigenvalue weighted by atomic mass is 10.0. The molecule has 2 N–H and O–H groups in total. The van der Waals surface area contributed by atoms with Gasteiger partial charge in [0.25, 0.3) is 0 Å². The SMILES string of the molecule is Cc1ccc(NC(C)c2ccccc2F)c(C)c1O. The van der Waals surface area contributed by atoms with Gasteiger partial charge in [0.1, 0.15) is 11.6 Å². The van der Waals surface area contributed by atoms with E-state index in [1.54, 1.807) is 12.1 Å². The summed E-state index contributed by atoms with van der Waals surface area (Å²) in [5.74, 6) is 0.0576. The molecule has 0 aliphatic rings. The van der Waals surface area contributed by atoms with Crippen molar-refractivity contribution in [2.45, 2.75) is 26.8 Å². The van der Waals surface area contributed by atoms with Crippen molar-refractivity contribution in [3.8, 4) is 5.75 Å². The summed E-state index contributed by atoms with van der Waals surface area (Å²) >= 11 is 0. The molecule has 0 bridgehead atoms. The van der Waals surface area contributed by atoms with Crippen molar-refractivity contribution in [1.29, 1.82) is 0 Å². The number of halogens is 1. The molecule has 0 heterocycles. The maximum atomic E-state index is 13.7. The van der Waals surface area contributed by atoms with Crippen molar-refractivity contribution < 1.29 is 9.50 Å². The number of phenolic OH excluding ortho intramolecular Hbond substituents is 1. The predicted octanol–water partition coefficient (Wildman–Crippen LogP) is 4.32. The molecule has 0 aliphatic heterocycles. The molecule has 1 unspecified atom stereocenters. The monoisotopic (exact) mass is 259 g/mol. The standard InChI is InChI=1S/C16H18FNO/c1-10-8-9-15(11(2)16(10)19)18-12(3)13-6-4-5-7-14(13)17/h4-9,12,18-19H,1-3H3. The van der Waals surface area contributed by atoms with E-state index in [0.29, 0.717) is 5.56 Å². The van der Waals surface area contributed by atoms with Crippen LogP contribution < -0.4 is 5.32 Å². The van der Waals surface area contributed by atoms with Crippen molar-refractivity contribution in [3.63, 3.8) is 0 Å². The van der Waals surface area contributed by atoms with Gasteiger partial charge < -0.3 is 10.4 Å². The number of hydrogen-bond acceptors (Lipinski definition) is 2. The van der Waals surface area contributed by atoms with Crippen LogP contribution in [0.25, 0.3) is 0 Å². The van der Waals surface area contributed by atoms with Gasteiger partial charge >= 0.3 is 0 Å². The van der Waals surface area contributed by atoms with E-state index < -0.39 is 0 Å². The average molecular weight is 259 g/mol. The van der Waals surface area contributed by atoms with Gasteiger partial charge in [-0.3, -0.25) is 0 Å². The Labute approximate surface area is 112 Å². The minimum absolute atomic E-state index is 0.165. The molecule has 2 aromatic carbocycles. The first-order valence-corrected chi connectivity index (χ1v) is 6.31. The lowest BCUT2D eigenvalue weighted by molar-refractivity contribution is 0.467. The number of rotatable bonds is 3. The third-order valence-electron chi connectivity index (χ3n) is 3.38. The first-order valence-electron chi connectivity index (χ1n) is 6.31. The minimum atomic E-state index is -0.225. The van der Waals surface area contributed by atoms with Crippen molar-refractivity contribution in [1.82, 2.24) is 0 Å². The van der Waals surface area contributed by atoms with Crippen LogP contribution in [0.2, 0.25) is 0 Å². The molecular formula is C16H18FNO. The average Bonchev–Trinajstić information content (AvgIpc) is 2.40. The number of aromatic hydroxyl groups is 1. The molecule has 0 amide bonds. The molecule has 0 saturated heterocycles. The fourth-order valence-electron chi connectivity index (χ4n) is 2.13. The maximum Gasteiger partial charge on any atom is 0.128 e. The van der Waals surface area contributed by atoms with Crippen LogP contribution in [0.15, 0.2) is 36.4 Å². The largest absolute Gasteiger partial charge is 0.507 e. The zero-order valence-electron chi connectivity index (χ0n) is 11.4. The van der Waals surface area contributed by atoms with E-state index in [0.717, 1.165) is 16.8 Å². The normalized spacial score (nSPS) is 12.2. The molecule has 100 valence electrons. The molecule has 0 saturated carbocycles. The highest BCUT2D eigenvalue weighted by Crippen LogP contribution is 2.30. The lowest BCUT2D eigenvalue weighted by Gasteiger charge is -2.19. The van der Waals surface area contributed by atoms with Gasteiger partial charge in [0.15, 0.2) is 0 Å². The molecule has 19 heavy (non-hydrogen) atoms. The summed E-state index contributed by atoms with van der Waals surface area (Å²) in [6.45, 7) is 5.60. The second-order valence-electron chi connectivity index (χ2n) is 4.79. The van der Waals surface area contributed by atoms with Gasteiger partial charge in [0.05, 0.1) is 6.04 Å². The Balaban J connectivity index is 2.27. The van der Waals surface area contributed by atoms with E-state index in [2.05, 4.69) is 5.32 Å². The van der Waals surface area contributed by atoms with Crippen molar-refractivity contribution >= 4 is 5.69 Å². The third-order valence-corrected chi connectivity index (χ3v) is 3.38. The van der Waals surface area contributed by atoms with Gasteiger partial charge in [-0.25, -0.2) is 4.39 Å². The molecule has 1 atom stereocenters. The van der Waals surface area contributed by atoms with E-state index in [4.69, 9.17) is 0 Å². The van der Waals surface area contributed by atoms with Crippen molar-refractivity contribution in [2.75, 3.05) is 5.32 Å². The molecular weight excluding hydrogens is 241 g/mol. The number of phenols is 1. The predicted molar refractivity (Wildman–Crippen MR) is 76.0 cm³/mol. The summed E-state index contributed by atoms with van der Waals surface area (Å²) in [6, 6.07) is 10.3. The summed E-state index contributed by atoms with van der Waals surface area (Å²) in [5.41, 5.74) is 3.05. The zero-order valence-corrected chi connectivity index (χ0v) is 11.4. The molecule has 2 nitrogen and oxygen atoms in total. The van der Waals surface area contributed by atoms with Crippen LogP contribution in [0.1, 0.15) is 29.7 Å².